The van der Waals surface area contributed by atoms with Crippen LogP contribution in [-0.2, 0) is 0 Å². The second kappa shape index (κ2) is 6.43. The zero-order chi connectivity index (χ0) is 11.8. The van der Waals surface area contributed by atoms with Crippen molar-refractivity contribution in [3.05, 3.63) is 35.9 Å². The van der Waals surface area contributed by atoms with Crippen LogP contribution >= 0.6 is 0 Å². The zero-order valence-electron chi connectivity index (χ0n) is 8.68. The van der Waals surface area contributed by atoms with E-state index in [0.717, 1.165) is 5.56 Å². The maximum absolute atomic E-state index is 11.3. The Bertz CT molecular complexity index is 373. The summed E-state index contributed by atoms with van der Waals surface area (Å²) in [6, 6.07) is 9.80. The maximum atomic E-state index is 11.3. The number of aliphatic hydroxyl groups excluding tert-OH is 1. The number of hydrogen-bond acceptors (Lipinski definition) is 3. The zero-order valence-corrected chi connectivity index (χ0v) is 8.68. The summed E-state index contributed by atoms with van der Waals surface area (Å²) >= 11 is 0. The summed E-state index contributed by atoms with van der Waals surface area (Å²) in [5.74, 6) is 0. The normalized spacial score (nSPS) is 11.2. The Labute approximate surface area is 93.7 Å². The number of nitrogens with zero attached hydrogens (tertiary/aromatic N) is 1. The lowest BCUT2D eigenvalue weighted by Crippen LogP contribution is -2.38. The second-order valence-electron chi connectivity index (χ2n) is 3.10. The number of hydrogen-bond donors (Lipinski definition) is 3. The van der Waals surface area contributed by atoms with Crippen molar-refractivity contribution in [2.45, 2.75) is 6.04 Å². The van der Waals surface area contributed by atoms with Gasteiger partial charge in [0.25, 0.3) is 0 Å². The van der Waals surface area contributed by atoms with Crippen LogP contribution in [0, 0.1) is 11.3 Å². The van der Waals surface area contributed by atoms with E-state index in [0.29, 0.717) is 0 Å². The first-order chi connectivity index (χ1) is 7.77. The minimum atomic E-state index is -0.681. The third kappa shape index (κ3) is 3.59. The molecule has 2 amide bonds. The van der Waals surface area contributed by atoms with E-state index in [4.69, 9.17) is 10.4 Å². The molecule has 1 unspecified atom stereocenters. The number of aliphatic hydroxyl groups is 1. The van der Waals surface area contributed by atoms with Crippen molar-refractivity contribution in [2.24, 2.45) is 0 Å². The largest absolute Gasteiger partial charge is 0.395 e. The van der Waals surface area contributed by atoms with Gasteiger partial charge in [-0.05, 0) is 5.56 Å². The molecule has 0 aromatic heterocycles. The molecule has 3 N–H and O–H groups in total. The van der Waals surface area contributed by atoms with Crippen molar-refractivity contribution in [2.75, 3.05) is 13.2 Å². The maximum Gasteiger partial charge on any atom is 0.316 e. The van der Waals surface area contributed by atoms with Gasteiger partial charge >= 0.3 is 6.03 Å². The summed E-state index contributed by atoms with van der Waals surface area (Å²) in [5.41, 5.74) is 0.726. The van der Waals surface area contributed by atoms with E-state index >= 15 is 0 Å². The minimum absolute atomic E-state index is 0.129. The molecule has 1 rings (SSSR count). The molecule has 0 spiro atoms. The monoisotopic (exact) mass is 219 g/mol. The highest BCUT2D eigenvalue weighted by Gasteiger charge is 2.12. The fraction of sp³-hybridized carbons (Fsp3) is 0.273. The van der Waals surface area contributed by atoms with Crippen LogP contribution in [0.15, 0.2) is 30.3 Å². The van der Waals surface area contributed by atoms with Crippen molar-refractivity contribution in [3.8, 4) is 6.07 Å². The Morgan fingerprint density at radius 2 is 2.12 bits per heavy atom. The number of rotatable bonds is 4. The molecule has 5 heteroatoms. The number of nitrogens with one attached hydrogen (secondary N) is 2. The van der Waals surface area contributed by atoms with Gasteiger partial charge in [0.1, 0.15) is 6.04 Å². The van der Waals surface area contributed by atoms with Crippen molar-refractivity contribution >= 4 is 6.03 Å². The van der Waals surface area contributed by atoms with Gasteiger partial charge in [-0.3, -0.25) is 0 Å². The van der Waals surface area contributed by atoms with Crippen LogP contribution in [0.5, 0.6) is 0 Å². The molecule has 0 fully saturated rings. The molecule has 0 saturated carbocycles. The van der Waals surface area contributed by atoms with Gasteiger partial charge in [0.05, 0.1) is 12.7 Å². The SMILES string of the molecule is N#CC(NC(=O)NCCO)c1ccccc1. The molecule has 0 bridgehead atoms. The predicted molar refractivity (Wildman–Crippen MR) is 58.4 cm³/mol. The van der Waals surface area contributed by atoms with E-state index in [2.05, 4.69) is 10.6 Å². The molecule has 0 aliphatic carbocycles. The van der Waals surface area contributed by atoms with Crippen molar-refractivity contribution in [3.63, 3.8) is 0 Å². The molecule has 1 atom stereocenters. The summed E-state index contributed by atoms with van der Waals surface area (Å²) in [6.07, 6.45) is 0. The van der Waals surface area contributed by atoms with Crippen LogP contribution in [0.25, 0.3) is 0 Å². The molecular weight excluding hydrogens is 206 g/mol. The first-order valence-corrected chi connectivity index (χ1v) is 4.87. The smallest absolute Gasteiger partial charge is 0.316 e. The number of benzene rings is 1. The summed E-state index contributed by atoms with van der Waals surface area (Å²) < 4.78 is 0. The van der Waals surface area contributed by atoms with Gasteiger partial charge in [-0.25, -0.2) is 4.79 Å². The topological polar surface area (TPSA) is 85.2 Å². The molecule has 1 aromatic rings. The Hall–Kier alpha value is -2.06. The summed E-state index contributed by atoms with van der Waals surface area (Å²) in [5, 5.41) is 22.3. The lowest BCUT2D eigenvalue weighted by atomic mass is 10.1. The lowest BCUT2D eigenvalue weighted by molar-refractivity contribution is 0.232. The van der Waals surface area contributed by atoms with Gasteiger partial charge in [-0.2, -0.15) is 5.26 Å². The fourth-order valence-corrected chi connectivity index (χ4v) is 1.19. The van der Waals surface area contributed by atoms with E-state index in [1.165, 1.54) is 0 Å². The number of urea groups is 1. The highest BCUT2D eigenvalue weighted by molar-refractivity contribution is 5.74. The fourth-order valence-electron chi connectivity index (χ4n) is 1.19. The van der Waals surface area contributed by atoms with Gasteiger partial charge in [0.2, 0.25) is 0 Å². The number of carbonyl (C=O) groups excluding carboxylic acids is 1. The average Bonchev–Trinajstić information content (AvgIpc) is 2.34. The third-order valence-corrected chi connectivity index (χ3v) is 1.93. The van der Waals surface area contributed by atoms with E-state index < -0.39 is 12.1 Å². The second-order valence-corrected chi connectivity index (χ2v) is 3.10. The summed E-state index contributed by atoms with van der Waals surface area (Å²) in [7, 11) is 0. The minimum Gasteiger partial charge on any atom is -0.395 e. The Morgan fingerprint density at radius 3 is 2.69 bits per heavy atom. The Morgan fingerprint density at radius 1 is 1.44 bits per heavy atom. The lowest BCUT2D eigenvalue weighted by Gasteiger charge is -2.12. The molecule has 0 radical (unpaired) electrons. The van der Waals surface area contributed by atoms with Crippen molar-refractivity contribution < 1.29 is 9.90 Å². The molecule has 0 saturated heterocycles. The van der Waals surface area contributed by atoms with Gasteiger partial charge in [-0.15, -0.1) is 0 Å². The van der Waals surface area contributed by atoms with Gasteiger partial charge in [-0.1, -0.05) is 30.3 Å². The van der Waals surface area contributed by atoms with Crippen LogP contribution in [-0.4, -0.2) is 24.3 Å². The molecular formula is C11H13N3O2. The number of amides is 2. The first kappa shape index (κ1) is 12.0. The standard InChI is InChI=1S/C11H13N3O2/c12-8-10(9-4-2-1-3-5-9)14-11(16)13-6-7-15/h1-5,10,15H,6-7H2,(H2,13,14,16). The van der Waals surface area contributed by atoms with Crippen molar-refractivity contribution in [1.29, 1.82) is 5.26 Å². The van der Waals surface area contributed by atoms with E-state index in [1.54, 1.807) is 24.3 Å². The van der Waals surface area contributed by atoms with E-state index in [9.17, 15) is 4.79 Å². The number of carbonyl (C=O) groups is 1. The average molecular weight is 219 g/mol. The Balaban J connectivity index is 2.57. The molecule has 84 valence electrons. The molecule has 0 aliphatic rings. The molecule has 16 heavy (non-hydrogen) atoms. The first-order valence-electron chi connectivity index (χ1n) is 4.87. The van der Waals surface area contributed by atoms with Crippen molar-refractivity contribution in [1.82, 2.24) is 10.6 Å². The van der Waals surface area contributed by atoms with Gasteiger partial charge in [0, 0.05) is 6.54 Å². The highest BCUT2D eigenvalue weighted by Crippen LogP contribution is 2.10. The van der Waals surface area contributed by atoms with Gasteiger partial charge in [0.15, 0.2) is 0 Å². The van der Waals surface area contributed by atoms with Crippen LogP contribution in [0.1, 0.15) is 11.6 Å². The van der Waals surface area contributed by atoms with E-state index in [-0.39, 0.29) is 13.2 Å². The third-order valence-electron chi connectivity index (χ3n) is 1.93. The van der Waals surface area contributed by atoms with Crippen LogP contribution in [0.4, 0.5) is 4.79 Å². The summed E-state index contributed by atoms with van der Waals surface area (Å²) in [4.78, 5) is 11.3. The molecule has 1 aromatic carbocycles. The molecule has 5 nitrogen and oxygen atoms in total. The van der Waals surface area contributed by atoms with Gasteiger partial charge < -0.3 is 15.7 Å². The van der Waals surface area contributed by atoms with E-state index in [1.807, 2.05) is 12.1 Å². The molecule has 0 heterocycles. The van der Waals surface area contributed by atoms with Crippen LogP contribution in [0.2, 0.25) is 0 Å². The summed E-state index contributed by atoms with van der Waals surface area (Å²) in [6.45, 7) is 0.0365. The quantitative estimate of drug-likeness (QED) is 0.691. The van der Waals surface area contributed by atoms with Crippen LogP contribution < -0.4 is 10.6 Å². The predicted octanol–water partition coefficient (Wildman–Crippen LogP) is 0.543. The number of nitriles is 1. The molecule has 0 aliphatic heterocycles. The Kier molecular flexibility index (Phi) is 4.83. The highest BCUT2D eigenvalue weighted by atomic mass is 16.3. The van der Waals surface area contributed by atoms with Crippen LogP contribution in [0.3, 0.4) is 0 Å².